The van der Waals surface area contributed by atoms with Crippen molar-refractivity contribution in [2.45, 2.75) is 16.9 Å². The number of hydrogen-bond acceptors (Lipinski definition) is 0. The molecule has 7 heteroatoms. The van der Waals surface area contributed by atoms with Crippen molar-refractivity contribution in [3.8, 4) is 0 Å². The van der Waals surface area contributed by atoms with Crippen LogP contribution >= 0.6 is 23.2 Å². The molecule has 0 nitrogen and oxygen atoms in total. The summed E-state index contributed by atoms with van der Waals surface area (Å²) >= 11 is 8.21. The van der Waals surface area contributed by atoms with E-state index in [1.807, 2.05) is 0 Å². The van der Waals surface area contributed by atoms with Crippen molar-refractivity contribution in [1.29, 1.82) is 0 Å². The van der Waals surface area contributed by atoms with E-state index in [-0.39, 0.29) is 0 Å². The minimum absolute atomic E-state index is 3.30. The quantitative estimate of drug-likeness (QED) is 0.453. The second-order valence-corrected chi connectivity index (χ2v) is 2.35. The largest absolute Gasteiger partial charge is 0.441 e. The number of halogens is 7. The molecule has 0 aliphatic rings. The van der Waals surface area contributed by atoms with Gasteiger partial charge in [0.2, 0.25) is 5.63 Å². The molecule has 0 aliphatic heterocycles. The summed E-state index contributed by atoms with van der Waals surface area (Å²) in [5, 5.41) is -4.49. The molecule has 0 heterocycles. The van der Waals surface area contributed by atoms with Gasteiger partial charge in [-0.15, -0.1) is 0 Å². The second kappa shape index (κ2) is 2.70. The third-order valence-corrected chi connectivity index (χ3v) is 1.47. The van der Waals surface area contributed by atoms with Crippen LogP contribution in [0, 0.1) is 0 Å². The van der Waals surface area contributed by atoms with Gasteiger partial charge in [0.15, 0.2) is 0 Å². The van der Waals surface area contributed by atoms with Crippen molar-refractivity contribution in [3.05, 3.63) is 0 Å². The first kappa shape index (κ1) is 10.2. The van der Waals surface area contributed by atoms with E-state index in [1.165, 1.54) is 0 Å². The fourth-order valence-corrected chi connectivity index (χ4v) is 0.247. The van der Waals surface area contributed by atoms with E-state index in [0.717, 1.165) is 0 Å². The Hall–Kier alpha value is 0.230. The maximum Gasteiger partial charge on any atom is 0.441 e. The summed E-state index contributed by atoms with van der Waals surface area (Å²) in [6.07, 6.45) is -5.49. The predicted molar refractivity (Wildman–Crippen MR) is 26.5 cm³/mol. The average molecular weight is 203 g/mol. The molecule has 0 spiro atoms. The molecule has 0 saturated heterocycles. The Kier molecular flexibility index (Phi) is 2.76. The molecule has 0 aromatic heterocycles. The first-order valence-electron chi connectivity index (χ1n) is 1.92. The maximum absolute atomic E-state index is 11.9. The van der Waals surface area contributed by atoms with E-state index < -0.39 is 16.9 Å². The van der Waals surface area contributed by atoms with E-state index in [4.69, 9.17) is 0 Å². The van der Waals surface area contributed by atoms with Gasteiger partial charge in [-0.1, -0.05) is 23.2 Å². The van der Waals surface area contributed by atoms with E-state index in [1.54, 1.807) is 0 Å². The molecule has 10 heavy (non-hydrogen) atoms. The summed E-state index contributed by atoms with van der Waals surface area (Å²) in [6.45, 7) is 0. The average Bonchev–Trinajstić information content (AvgIpc) is 1.62. The van der Waals surface area contributed by atoms with E-state index in [0.29, 0.717) is 0 Å². The van der Waals surface area contributed by atoms with Crippen LogP contribution in [0.2, 0.25) is 0 Å². The molecule has 0 aromatic rings. The standard InChI is InChI=1S/C3HCl2F5/c4-1(6)2(5,7)3(8,9)10/h1H. The van der Waals surface area contributed by atoms with Crippen molar-refractivity contribution < 1.29 is 22.0 Å². The van der Waals surface area contributed by atoms with Gasteiger partial charge in [-0.05, 0) is 0 Å². The molecule has 0 rings (SSSR count). The fourth-order valence-electron chi connectivity index (χ4n) is 0.124. The van der Waals surface area contributed by atoms with Gasteiger partial charge in [-0.25, -0.2) is 8.78 Å². The van der Waals surface area contributed by atoms with Crippen LogP contribution in [0.3, 0.4) is 0 Å². The van der Waals surface area contributed by atoms with Gasteiger partial charge >= 0.3 is 11.3 Å². The summed E-state index contributed by atoms with van der Waals surface area (Å²) in [5.41, 5.74) is -3.30. The Balaban J connectivity index is 4.40. The van der Waals surface area contributed by atoms with Gasteiger partial charge in [-0.2, -0.15) is 13.2 Å². The van der Waals surface area contributed by atoms with Gasteiger partial charge < -0.3 is 0 Å². The van der Waals surface area contributed by atoms with Gasteiger partial charge in [0, 0.05) is 0 Å². The molecular weight excluding hydrogens is 202 g/mol. The van der Waals surface area contributed by atoms with Crippen LogP contribution in [-0.2, 0) is 0 Å². The third-order valence-electron chi connectivity index (χ3n) is 0.652. The fraction of sp³-hybridized carbons (Fsp3) is 1.00. The maximum atomic E-state index is 11.9. The molecule has 0 radical (unpaired) electrons. The monoisotopic (exact) mass is 202 g/mol. The van der Waals surface area contributed by atoms with E-state index in [2.05, 4.69) is 23.2 Å². The van der Waals surface area contributed by atoms with Crippen LogP contribution in [0.25, 0.3) is 0 Å². The van der Waals surface area contributed by atoms with Gasteiger partial charge in [0.05, 0.1) is 0 Å². The van der Waals surface area contributed by atoms with Crippen LogP contribution in [0.5, 0.6) is 0 Å². The topological polar surface area (TPSA) is 0 Å². The normalized spacial score (nSPS) is 21.9. The van der Waals surface area contributed by atoms with Gasteiger partial charge in [-0.3, -0.25) is 0 Å². The summed E-state index contributed by atoms with van der Waals surface area (Å²) in [5.74, 6) is 0. The SMILES string of the molecule is FC(Cl)C(F)(Cl)C(F)(F)F. The Labute approximate surface area is 62.9 Å². The molecule has 2 atom stereocenters. The minimum atomic E-state index is -5.49. The van der Waals surface area contributed by atoms with E-state index >= 15 is 0 Å². The Morgan fingerprint density at radius 1 is 1.10 bits per heavy atom. The first-order chi connectivity index (χ1) is 4.19. The molecule has 0 bridgehead atoms. The summed E-state index contributed by atoms with van der Waals surface area (Å²) in [6, 6.07) is 0. The van der Waals surface area contributed by atoms with Crippen molar-refractivity contribution in [2.24, 2.45) is 0 Å². The number of alkyl halides is 7. The molecular formula is C3HCl2F5. The van der Waals surface area contributed by atoms with Crippen LogP contribution in [-0.4, -0.2) is 16.9 Å². The van der Waals surface area contributed by atoms with Crippen molar-refractivity contribution >= 4 is 23.2 Å². The lowest BCUT2D eigenvalue weighted by Gasteiger charge is -2.20. The zero-order chi connectivity index (χ0) is 8.58. The Morgan fingerprint density at radius 2 is 1.40 bits per heavy atom. The van der Waals surface area contributed by atoms with Gasteiger partial charge in [0.25, 0.3) is 0 Å². The Bertz CT molecular complexity index is 117. The summed E-state index contributed by atoms with van der Waals surface area (Å²) in [7, 11) is 0. The predicted octanol–water partition coefficient (Wildman–Crippen LogP) is 2.99. The van der Waals surface area contributed by atoms with Crippen molar-refractivity contribution in [3.63, 3.8) is 0 Å². The third kappa shape index (κ3) is 1.85. The highest BCUT2D eigenvalue weighted by Gasteiger charge is 2.60. The molecule has 2 unspecified atom stereocenters. The van der Waals surface area contributed by atoms with Crippen LogP contribution in [0.4, 0.5) is 22.0 Å². The lowest BCUT2D eigenvalue weighted by atomic mass is 10.4. The van der Waals surface area contributed by atoms with Crippen LogP contribution in [0.1, 0.15) is 0 Å². The lowest BCUT2D eigenvalue weighted by molar-refractivity contribution is -0.206. The minimum Gasteiger partial charge on any atom is -0.225 e. The molecule has 62 valence electrons. The lowest BCUT2D eigenvalue weighted by Crippen LogP contribution is -2.41. The zero-order valence-electron chi connectivity index (χ0n) is 4.22. The molecule has 0 N–H and O–H groups in total. The zero-order valence-corrected chi connectivity index (χ0v) is 5.73. The number of rotatable bonds is 1. The van der Waals surface area contributed by atoms with E-state index in [9.17, 15) is 22.0 Å². The Morgan fingerprint density at radius 3 is 1.40 bits per heavy atom. The number of hydrogen-bond donors (Lipinski definition) is 0. The highest BCUT2D eigenvalue weighted by molar-refractivity contribution is 6.31. The van der Waals surface area contributed by atoms with Crippen molar-refractivity contribution in [2.75, 3.05) is 0 Å². The molecule has 0 aromatic carbocycles. The molecule has 0 saturated carbocycles. The van der Waals surface area contributed by atoms with Crippen molar-refractivity contribution in [1.82, 2.24) is 0 Å². The molecule has 0 fully saturated rings. The highest BCUT2D eigenvalue weighted by atomic mass is 35.5. The summed E-state index contributed by atoms with van der Waals surface area (Å²) < 4.78 is 57.1. The van der Waals surface area contributed by atoms with Crippen LogP contribution in [0.15, 0.2) is 0 Å². The molecule has 0 aliphatic carbocycles. The second-order valence-electron chi connectivity index (χ2n) is 1.42. The van der Waals surface area contributed by atoms with Crippen LogP contribution < -0.4 is 0 Å². The first-order valence-corrected chi connectivity index (χ1v) is 2.73. The highest BCUT2D eigenvalue weighted by Crippen LogP contribution is 2.42. The smallest absolute Gasteiger partial charge is 0.225 e. The van der Waals surface area contributed by atoms with Gasteiger partial charge in [0.1, 0.15) is 0 Å². The molecule has 0 amide bonds. The summed E-state index contributed by atoms with van der Waals surface area (Å²) in [4.78, 5) is 0.